The van der Waals surface area contributed by atoms with Crippen LogP contribution in [0.5, 0.6) is 0 Å². The van der Waals surface area contributed by atoms with Crippen molar-refractivity contribution in [2.75, 3.05) is 10.5 Å². The summed E-state index contributed by atoms with van der Waals surface area (Å²) in [6.45, 7) is 1.76. The number of hydrogen-bond acceptors (Lipinski definition) is 3. The van der Waals surface area contributed by atoms with E-state index in [4.69, 9.17) is 0 Å². The van der Waals surface area contributed by atoms with Gasteiger partial charge in [-0.25, -0.2) is 8.42 Å². The van der Waals surface area contributed by atoms with Gasteiger partial charge in [0.25, 0.3) is 0 Å². The Bertz CT molecular complexity index is 721. The Morgan fingerprint density at radius 2 is 1.81 bits per heavy atom. The minimum absolute atomic E-state index is 0.214. The number of benzene rings is 1. The molecular weight excluding hydrogens is 298 g/mol. The van der Waals surface area contributed by atoms with Crippen molar-refractivity contribution in [1.82, 2.24) is 4.98 Å². The van der Waals surface area contributed by atoms with Crippen LogP contribution in [0.15, 0.2) is 42.5 Å². The molecule has 0 fully saturated rings. The smallest absolute Gasteiger partial charge is 0.239 e. The zero-order valence-electron chi connectivity index (χ0n) is 11.3. The number of anilines is 1. The minimum Gasteiger partial charge on any atom is -0.279 e. The first-order valence-electron chi connectivity index (χ1n) is 6.25. The average molecular weight is 312 g/mol. The van der Waals surface area contributed by atoms with E-state index in [2.05, 4.69) is 9.71 Å². The van der Waals surface area contributed by atoms with Crippen molar-refractivity contribution in [3.8, 4) is 0 Å². The lowest BCUT2D eigenvalue weighted by molar-refractivity contribution is 0.515. The molecule has 0 saturated heterocycles. The number of nitrogens with one attached hydrogen (secondary N) is 1. The number of nitrogens with zero attached hydrogens (tertiary/aromatic N) is 1. The zero-order chi connectivity index (χ0) is 15.5. The predicted octanol–water partition coefficient (Wildman–Crippen LogP) is 2.91. The second-order valence-electron chi connectivity index (χ2n) is 4.67. The molecule has 0 radical (unpaired) electrons. The van der Waals surface area contributed by atoms with Crippen molar-refractivity contribution in [2.45, 2.75) is 12.8 Å². The lowest BCUT2D eigenvalue weighted by atomic mass is 10.0. The molecule has 4 nitrogen and oxygen atoms in total. The predicted molar refractivity (Wildman–Crippen MR) is 76.4 cm³/mol. The van der Waals surface area contributed by atoms with E-state index in [0.29, 0.717) is 0 Å². The summed E-state index contributed by atoms with van der Waals surface area (Å²) in [5.41, 5.74) is 0.497. The molecule has 21 heavy (non-hydrogen) atoms. The van der Waals surface area contributed by atoms with Gasteiger partial charge in [-0.15, -0.1) is 0 Å². The third-order valence-electron chi connectivity index (χ3n) is 2.92. The lowest BCUT2D eigenvalue weighted by Gasteiger charge is -2.14. The van der Waals surface area contributed by atoms with Crippen LogP contribution >= 0.6 is 0 Å². The lowest BCUT2D eigenvalue weighted by Crippen LogP contribution is -2.21. The van der Waals surface area contributed by atoms with Crippen LogP contribution in [0.3, 0.4) is 0 Å². The van der Waals surface area contributed by atoms with Crippen LogP contribution in [0, 0.1) is 11.9 Å². The molecular formula is C14H14F2N2O2S. The van der Waals surface area contributed by atoms with Gasteiger partial charge in [0.1, 0.15) is 5.69 Å². The first-order chi connectivity index (χ1) is 9.87. The Morgan fingerprint density at radius 1 is 1.14 bits per heavy atom. The highest BCUT2D eigenvalue weighted by Gasteiger charge is 2.19. The van der Waals surface area contributed by atoms with Gasteiger partial charge in [0, 0.05) is 0 Å². The molecule has 1 aromatic carbocycles. The molecule has 7 heteroatoms. The standard InChI is InChI=1S/C14H14F2N2O2S/c1-10(11-5-3-2-4-6-11)9-21(19,20)18-12-7-8-13(15)17-14(12)16/h2-8,10,18H,9H2,1H3. The number of halogens is 2. The highest BCUT2D eigenvalue weighted by atomic mass is 32.2. The quantitative estimate of drug-likeness (QED) is 0.864. The van der Waals surface area contributed by atoms with Gasteiger partial charge >= 0.3 is 0 Å². The summed E-state index contributed by atoms with van der Waals surface area (Å²) in [5, 5.41) is 0. The van der Waals surface area contributed by atoms with E-state index in [9.17, 15) is 17.2 Å². The summed E-state index contributed by atoms with van der Waals surface area (Å²) < 4.78 is 52.2. The second-order valence-corrected chi connectivity index (χ2v) is 6.43. The highest BCUT2D eigenvalue weighted by molar-refractivity contribution is 7.92. The van der Waals surface area contributed by atoms with Gasteiger partial charge in [0.2, 0.25) is 21.9 Å². The summed E-state index contributed by atoms with van der Waals surface area (Å²) in [6, 6.07) is 11.0. The number of sulfonamides is 1. The number of rotatable bonds is 5. The SMILES string of the molecule is CC(CS(=O)(=O)Nc1ccc(F)nc1F)c1ccccc1. The maximum Gasteiger partial charge on any atom is 0.239 e. The molecule has 1 N–H and O–H groups in total. The van der Waals surface area contributed by atoms with Crippen molar-refractivity contribution in [3.05, 3.63) is 59.9 Å². The van der Waals surface area contributed by atoms with Gasteiger partial charge in [-0.3, -0.25) is 4.72 Å². The van der Waals surface area contributed by atoms with E-state index >= 15 is 0 Å². The van der Waals surface area contributed by atoms with Crippen LogP contribution < -0.4 is 4.72 Å². The fourth-order valence-electron chi connectivity index (χ4n) is 1.90. The second kappa shape index (κ2) is 6.17. The van der Waals surface area contributed by atoms with Gasteiger partial charge in [-0.2, -0.15) is 13.8 Å². The van der Waals surface area contributed by atoms with Crippen molar-refractivity contribution in [2.24, 2.45) is 0 Å². The van der Waals surface area contributed by atoms with E-state index in [1.54, 1.807) is 6.92 Å². The number of aromatic nitrogens is 1. The molecule has 1 unspecified atom stereocenters. The van der Waals surface area contributed by atoms with Gasteiger partial charge in [-0.1, -0.05) is 37.3 Å². The van der Waals surface area contributed by atoms with Crippen molar-refractivity contribution >= 4 is 15.7 Å². The monoisotopic (exact) mass is 312 g/mol. The molecule has 112 valence electrons. The number of pyridine rings is 1. The average Bonchev–Trinajstić information content (AvgIpc) is 2.42. The van der Waals surface area contributed by atoms with E-state index in [1.165, 1.54) is 0 Å². The zero-order valence-corrected chi connectivity index (χ0v) is 12.1. The van der Waals surface area contributed by atoms with Crippen LogP contribution in [-0.2, 0) is 10.0 Å². The summed E-state index contributed by atoms with van der Waals surface area (Å²) in [4.78, 5) is 2.93. The van der Waals surface area contributed by atoms with E-state index in [1.807, 2.05) is 30.3 Å². The maximum atomic E-state index is 13.4. The van der Waals surface area contributed by atoms with Crippen molar-refractivity contribution in [3.63, 3.8) is 0 Å². The van der Waals surface area contributed by atoms with Crippen LogP contribution in [0.1, 0.15) is 18.4 Å². The van der Waals surface area contributed by atoms with Crippen molar-refractivity contribution in [1.29, 1.82) is 0 Å². The Labute approximate surface area is 121 Å². The fourth-order valence-corrected chi connectivity index (χ4v) is 3.33. The van der Waals surface area contributed by atoms with Crippen LogP contribution in [0.4, 0.5) is 14.5 Å². The van der Waals surface area contributed by atoms with E-state index in [-0.39, 0.29) is 17.4 Å². The normalized spacial score (nSPS) is 12.9. The van der Waals surface area contributed by atoms with Gasteiger partial charge in [0.05, 0.1) is 5.75 Å². The molecule has 0 spiro atoms. The fraction of sp³-hybridized carbons (Fsp3) is 0.214. The summed E-state index contributed by atoms with van der Waals surface area (Å²) in [7, 11) is -3.77. The van der Waals surface area contributed by atoms with Gasteiger partial charge in [0.15, 0.2) is 0 Å². The van der Waals surface area contributed by atoms with Crippen LogP contribution in [0.2, 0.25) is 0 Å². The first kappa shape index (κ1) is 15.4. The summed E-state index contributed by atoms with van der Waals surface area (Å²) in [6.07, 6.45) is 0. The Morgan fingerprint density at radius 3 is 2.43 bits per heavy atom. The maximum absolute atomic E-state index is 13.4. The molecule has 0 saturated carbocycles. The molecule has 1 atom stereocenters. The molecule has 0 aliphatic heterocycles. The van der Waals surface area contributed by atoms with Gasteiger partial charge < -0.3 is 0 Å². The van der Waals surface area contributed by atoms with Crippen molar-refractivity contribution < 1.29 is 17.2 Å². The molecule has 1 heterocycles. The topological polar surface area (TPSA) is 59.1 Å². The Hall–Kier alpha value is -2.02. The molecule has 2 aromatic rings. The summed E-state index contributed by atoms with van der Waals surface area (Å²) >= 11 is 0. The molecule has 1 aromatic heterocycles. The third-order valence-corrected chi connectivity index (χ3v) is 4.39. The molecule has 0 aliphatic rings. The van der Waals surface area contributed by atoms with Gasteiger partial charge in [-0.05, 0) is 23.6 Å². The first-order valence-corrected chi connectivity index (χ1v) is 7.90. The Balaban J connectivity index is 2.12. The van der Waals surface area contributed by atoms with E-state index in [0.717, 1.165) is 17.7 Å². The molecule has 0 bridgehead atoms. The number of hydrogen-bond donors (Lipinski definition) is 1. The highest BCUT2D eigenvalue weighted by Crippen LogP contribution is 2.19. The summed E-state index contributed by atoms with van der Waals surface area (Å²) in [5.74, 6) is -2.67. The van der Waals surface area contributed by atoms with E-state index < -0.39 is 21.9 Å². The molecule has 0 amide bonds. The minimum atomic E-state index is -3.77. The molecule has 0 aliphatic carbocycles. The van der Waals surface area contributed by atoms with Crippen LogP contribution in [0.25, 0.3) is 0 Å². The Kier molecular flexibility index (Phi) is 4.52. The molecule has 2 rings (SSSR count). The van der Waals surface area contributed by atoms with Crippen LogP contribution in [-0.4, -0.2) is 19.2 Å². The third kappa shape index (κ3) is 4.22. The largest absolute Gasteiger partial charge is 0.279 e.